The van der Waals surface area contributed by atoms with Gasteiger partial charge in [0.1, 0.15) is 5.75 Å². The quantitative estimate of drug-likeness (QED) is 0.695. The highest BCUT2D eigenvalue weighted by molar-refractivity contribution is 7.98. The van der Waals surface area contributed by atoms with Crippen LogP contribution in [0.4, 0.5) is 0 Å². The standard InChI is InChI=1S/C17H15NOS/c1-10-3-6-16-13(7-10)17-14(9-20-16)12-8-11(19-2)4-5-15(12)18-17/h3-8,18H,9H2,1-2H3. The van der Waals surface area contributed by atoms with Crippen molar-refractivity contribution < 1.29 is 4.74 Å². The lowest BCUT2D eigenvalue weighted by Gasteiger charge is -2.16. The van der Waals surface area contributed by atoms with Gasteiger partial charge in [0, 0.05) is 27.1 Å². The van der Waals surface area contributed by atoms with E-state index in [-0.39, 0.29) is 0 Å². The lowest BCUT2D eigenvalue weighted by Crippen LogP contribution is -1.94. The number of fused-ring (bicyclic) bond motifs is 5. The summed E-state index contributed by atoms with van der Waals surface area (Å²) in [5.41, 5.74) is 6.47. The molecule has 2 heterocycles. The molecule has 0 aliphatic carbocycles. The van der Waals surface area contributed by atoms with Crippen molar-refractivity contribution in [3.05, 3.63) is 47.5 Å². The zero-order valence-corrected chi connectivity index (χ0v) is 12.3. The zero-order valence-electron chi connectivity index (χ0n) is 11.5. The monoisotopic (exact) mass is 281 g/mol. The Labute approximate surface area is 122 Å². The van der Waals surface area contributed by atoms with Crippen LogP contribution in [0.15, 0.2) is 41.3 Å². The molecule has 0 saturated heterocycles. The van der Waals surface area contributed by atoms with Crippen LogP contribution in [-0.4, -0.2) is 12.1 Å². The van der Waals surface area contributed by atoms with E-state index in [4.69, 9.17) is 4.74 Å². The average Bonchev–Trinajstić information content (AvgIpc) is 2.85. The van der Waals surface area contributed by atoms with E-state index in [1.807, 2.05) is 17.8 Å². The van der Waals surface area contributed by atoms with Crippen LogP contribution >= 0.6 is 11.8 Å². The molecule has 2 nitrogen and oxygen atoms in total. The molecular formula is C17H15NOS. The summed E-state index contributed by atoms with van der Waals surface area (Å²) in [5, 5.41) is 1.28. The first-order valence-corrected chi connectivity index (χ1v) is 7.67. The lowest BCUT2D eigenvalue weighted by atomic mass is 10.0. The molecule has 0 bridgehead atoms. The van der Waals surface area contributed by atoms with Gasteiger partial charge in [0.25, 0.3) is 0 Å². The summed E-state index contributed by atoms with van der Waals surface area (Å²) in [6.45, 7) is 2.14. The van der Waals surface area contributed by atoms with Crippen molar-refractivity contribution in [2.75, 3.05) is 7.11 Å². The number of aromatic nitrogens is 1. The number of aromatic amines is 1. The van der Waals surface area contributed by atoms with Crippen LogP contribution in [0.25, 0.3) is 22.2 Å². The van der Waals surface area contributed by atoms with Gasteiger partial charge in [-0.05, 0) is 42.8 Å². The molecule has 2 aromatic carbocycles. The second-order valence-electron chi connectivity index (χ2n) is 5.18. The van der Waals surface area contributed by atoms with E-state index in [1.165, 1.54) is 38.2 Å². The van der Waals surface area contributed by atoms with Crippen molar-refractivity contribution in [3.8, 4) is 17.0 Å². The Hall–Kier alpha value is -1.87. The molecule has 1 aliphatic heterocycles. The van der Waals surface area contributed by atoms with E-state index in [1.54, 1.807) is 7.11 Å². The molecule has 0 amide bonds. The van der Waals surface area contributed by atoms with Gasteiger partial charge in [-0.3, -0.25) is 0 Å². The third kappa shape index (κ3) is 1.66. The molecular weight excluding hydrogens is 266 g/mol. The number of ether oxygens (including phenoxy) is 1. The van der Waals surface area contributed by atoms with Crippen molar-refractivity contribution in [3.63, 3.8) is 0 Å². The number of hydrogen-bond acceptors (Lipinski definition) is 2. The SMILES string of the molecule is COc1ccc2[nH]c3c(c2c1)CSc1ccc(C)cc1-3. The maximum atomic E-state index is 5.35. The maximum absolute atomic E-state index is 5.35. The molecule has 0 atom stereocenters. The topological polar surface area (TPSA) is 25.0 Å². The minimum atomic E-state index is 0.916. The Morgan fingerprint density at radius 3 is 2.90 bits per heavy atom. The number of benzene rings is 2. The second kappa shape index (κ2) is 4.32. The summed E-state index contributed by atoms with van der Waals surface area (Å²) in [7, 11) is 1.72. The van der Waals surface area contributed by atoms with E-state index in [2.05, 4.69) is 42.2 Å². The van der Waals surface area contributed by atoms with Gasteiger partial charge < -0.3 is 9.72 Å². The molecule has 0 radical (unpaired) electrons. The van der Waals surface area contributed by atoms with Crippen molar-refractivity contribution in [2.24, 2.45) is 0 Å². The van der Waals surface area contributed by atoms with Gasteiger partial charge in [0.2, 0.25) is 0 Å². The lowest BCUT2D eigenvalue weighted by molar-refractivity contribution is 0.415. The van der Waals surface area contributed by atoms with Gasteiger partial charge in [-0.2, -0.15) is 0 Å². The number of H-pyrrole nitrogens is 1. The van der Waals surface area contributed by atoms with Gasteiger partial charge in [0.15, 0.2) is 0 Å². The van der Waals surface area contributed by atoms with Crippen LogP contribution in [0, 0.1) is 6.92 Å². The van der Waals surface area contributed by atoms with Crippen LogP contribution < -0.4 is 4.74 Å². The van der Waals surface area contributed by atoms with E-state index < -0.39 is 0 Å². The molecule has 100 valence electrons. The molecule has 0 saturated carbocycles. The number of nitrogens with one attached hydrogen (secondary N) is 1. The number of hydrogen-bond donors (Lipinski definition) is 1. The summed E-state index contributed by atoms with van der Waals surface area (Å²) < 4.78 is 5.35. The van der Waals surface area contributed by atoms with E-state index in [0.29, 0.717) is 0 Å². The molecule has 1 aromatic heterocycles. The van der Waals surface area contributed by atoms with E-state index in [0.717, 1.165) is 11.5 Å². The highest BCUT2D eigenvalue weighted by Crippen LogP contribution is 2.44. The normalized spacial score (nSPS) is 13.1. The third-order valence-electron chi connectivity index (χ3n) is 3.89. The Morgan fingerprint density at radius 1 is 1.15 bits per heavy atom. The average molecular weight is 281 g/mol. The molecule has 0 spiro atoms. The fraction of sp³-hybridized carbons (Fsp3) is 0.176. The summed E-state index contributed by atoms with van der Waals surface area (Å²) >= 11 is 1.91. The van der Waals surface area contributed by atoms with Crippen LogP contribution in [0.2, 0.25) is 0 Å². The van der Waals surface area contributed by atoms with Crippen molar-refractivity contribution >= 4 is 22.7 Å². The predicted molar refractivity (Wildman–Crippen MR) is 84.6 cm³/mol. The molecule has 0 fully saturated rings. The highest BCUT2D eigenvalue weighted by Gasteiger charge is 2.21. The van der Waals surface area contributed by atoms with Crippen molar-refractivity contribution in [1.29, 1.82) is 0 Å². The molecule has 1 aliphatic rings. The predicted octanol–water partition coefficient (Wildman–Crippen LogP) is 4.76. The number of rotatable bonds is 1. The van der Waals surface area contributed by atoms with E-state index in [9.17, 15) is 0 Å². The maximum Gasteiger partial charge on any atom is 0.119 e. The zero-order chi connectivity index (χ0) is 13.7. The fourth-order valence-corrected chi connectivity index (χ4v) is 3.93. The first kappa shape index (κ1) is 11.9. The highest BCUT2D eigenvalue weighted by atomic mass is 32.2. The second-order valence-corrected chi connectivity index (χ2v) is 6.20. The Bertz CT molecular complexity index is 819. The van der Waals surface area contributed by atoms with Gasteiger partial charge >= 0.3 is 0 Å². The van der Waals surface area contributed by atoms with Crippen molar-refractivity contribution in [2.45, 2.75) is 17.6 Å². The van der Waals surface area contributed by atoms with Gasteiger partial charge in [-0.15, -0.1) is 11.8 Å². The van der Waals surface area contributed by atoms with Crippen molar-refractivity contribution in [1.82, 2.24) is 4.98 Å². The first-order valence-electron chi connectivity index (χ1n) is 6.68. The molecule has 4 rings (SSSR count). The summed E-state index contributed by atoms with van der Waals surface area (Å²) in [6, 6.07) is 12.9. The Kier molecular flexibility index (Phi) is 2.57. The van der Waals surface area contributed by atoms with Crippen LogP contribution in [0.3, 0.4) is 0 Å². The van der Waals surface area contributed by atoms with Gasteiger partial charge in [-0.25, -0.2) is 0 Å². The number of aryl methyl sites for hydroxylation is 1. The fourth-order valence-electron chi connectivity index (χ4n) is 2.85. The first-order chi connectivity index (χ1) is 9.76. The number of thioether (sulfide) groups is 1. The Balaban J connectivity index is 2.01. The van der Waals surface area contributed by atoms with E-state index >= 15 is 0 Å². The van der Waals surface area contributed by atoms with Crippen LogP contribution in [0.5, 0.6) is 5.75 Å². The summed E-state index contributed by atoms with van der Waals surface area (Å²) in [5.74, 6) is 1.93. The van der Waals surface area contributed by atoms with Crippen LogP contribution in [0.1, 0.15) is 11.1 Å². The Morgan fingerprint density at radius 2 is 2.05 bits per heavy atom. The molecule has 0 unspecified atom stereocenters. The molecule has 1 N–H and O–H groups in total. The van der Waals surface area contributed by atoms with Crippen LogP contribution in [-0.2, 0) is 5.75 Å². The number of methoxy groups -OCH3 is 1. The summed E-state index contributed by atoms with van der Waals surface area (Å²) in [4.78, 5) is 4.94. The smallest absolute Gasteiger partial charge is 0.119 e. The molecule has 3 heteroatoms. The largest absolute Gasteiger partial charge is 0.497 e. The third-order valence-corrected chi connectivity index (χ3v) is 4.99. The minimum absolute atomic E-state index is 0.916. The summed E-state index contributed by atoms with van der Waals surface area (Å²) in [6.07, 6.45) is 0. The molecule has 3 aromatic rings. The van der Waals surface area contributed by atoms with Gasteiger partial charge in [-0.1, -0.05) is 11.6 Å². The minimum Gasteiger partial charge on any atom is -0.497 e. The molecule has 20 heavy (non-hydrogen) atoms. The van der Waals surface area contributed by atoms with Gasteiger partial charge in [0.05, 0.1) is 12.8 Å².